The zero-order chi connectivity index (χ0) is 16.5. The summed E-state index contributed by atoms with van der Waals surface area (Å²) in [6.07, 6.45) is 0.217. The third-order valence-corrected chi connectivity index (χ3v) is 2.21. The first-order chi connectivity index (χ1) is 9.65. The number of hydrogen-bond donors (Lipinski definition) is 3. The summed E-state index contributed by atoms with van der Waals surface area (Å²) in [5.74, 6) is -0.518. The Hall–Kier alpha value is -1.99. The molecule has 0 saturated heterocycles. The van der Waals surface area contributed by atoms with Gasteiger partial charge < -0.3 is 26.3 Å². The molecule has 0 aliphatic heterocycles. The average Bonchev–Trinajstić information content (AvgIpc) is 2.30. The number of alkyl carbamates (subject to hydrolysis) is 1. The number of guanidine groups is 1. The zero-order valence-corrected chi connectivity index (χ0v) is 13.1. The molecule has 0 heterocycles. The minimum Gasteiger partial charge on any atom is -0.464 e. The Morgan fingerprint density at radius 2 is 1.90 bits per heavy atom. The van der Waals surface area contributed by atoms with Gasteiger partial charge in [0.25, 0.3) is 0 Å². The summed E-state index contributed by atoms with van der Waals surface area (Å²) in [5.41, 5.74) is 9.79. The maximum Gasteiger partial charge on any atom is 0.408 e. The van der Waals surface area contributed by atoms with Gasteiger partial charge in [-0.3, -0.25) is 4.99 Å². The van der Waals surface area contributed by atoms with Crippen molar-refractivity contribution in [3.8, 4) is 0 Å². The summed E-state index contributed by atoms with van der Waals surface area (Å²) in [6.45, 7) is 7.52. The lowest BCUT2D eigenvalue weighted by Crippen LogP contribution is -2.44. The number of carbonyl (C=O) groups is 2. The summed E-state index contributed by atoms with van der Waals surface area (Å²) < 4.78 is 10.0. The number of aliphatic imine (C=N–C) groups is 1. The van der Waals surface area contributed by atoms with Crippen LogP contribution in [0.15, 0.2) is 4.99 Å². The van der Waals surface area contributed by atoms with E-state index in [1.807, 2.05) is 0 Å². The standard InChI is InChI=1S/C13H26N4O4/c1-5-20-10(18)9(7-6-8-16-11(14)15)17-12(19)21-13(2,3)4/h9H,5-8H2,1-4H3,(H,17,19)(H4,14,15,16). The van der Waals surface area contributed by atoms with Gasteiger partial charge >= 0.3 is 12.1 Å². The quantitative estimate of drug-likeness (QED) is 0.272. The first kappa shape index (κ1) is 19.0. The monoisotopic (exact) mass is 302 g/mol. The number of rotatable bonds is 7. The molecule has 0 radical (unpaired) electrons. The Morgan fingerprint density at radius 1 is 1.29 bits per heavy atom. The summed E-state index contributed by atoms with van der Waals surface area (Å²) in [7, 11) is 0. The van der Waals surface area contributed by atoms with Crippen molar-refractivity contribution in [1.29, 1.82) is 0 Å². The van der Waals surface area contributed by atoms with Crippen LogP contribution in [0, 0.1) is 0 Å². The predicted molar refractivity (Wildman–Crippen MR) is 79.7 cm³/mol. The van der Waals surface area contributed by atoms with E-state index in [4.69, 9.17) is 20.9 Å². The van der Waals surface area contributed by atoms with E-state index in [1.54, 1.807) is 27.7 Å². The van der Waals surface area contributed by atoms with Crippen molar-refractivity contribution in [2.45, 2.75) is 52.2 Å². The van der Waals surface area contributed by atoms with Gasteiger partial charge in [0, 0.05) is 6.54 Å². The number of amides is 1. The average molecular weight is 302 g/mol. The third kappa shape index (κ3) is 10.5. The normalized spacial score (nSPS) is 12.2. The maximum atomic E-state index is 11.8. The van der Waals surface area contributed by atoms with Crippen LogP contribution in [-0.2, 0) is 14.3 Å². The van der Waals surface area contributed by atoms with Crippen LogP contribution in [0.25, 0.3) is 0 Å². The molecule has 8 heteroatoms. The van der Waals surface area contributed by atoms with Crippen LogP contribution in [0.3, 0.4) is 0 Å². The minimum absolute atomic E-state index is 0.0113. The second-order valence-corrected chi connectivity index (χ2v) is 5.40. The van der Waals surface area contributed by atoms with Gasteiger partial charge in [0.15, 0.2) is 5.96 Å². The van der Waals surface area contributed by atoms with E-state index in [9.17, 15) is 9.59 Å². The third-order valence-electron chi connectivity index (χ3n) is 2.21. The maximum absolute atomic E-state index is 11.8. The number of nitrogens with one attached hydrogen (secondary N) is 1. The van der Waals surface area contributed by atoms with Gasteiger partial charge in [-0.2, -0.15) is 0 Å². The van der Waals surface area contributed by atoms with E-state index in [0.29, 0.717) is 19.4 Å². The molecular weight excluding hydrogens is 276 g/mol. The van der Waals surface area contributed by atoms with Crippen LogP contribution in [0.5, 0.6) is 0 Å². The minimum atomic E-state index is -0.783. The van der Waals surface area contributed by atoms with E-state index in [1.165, 1.54) is 0 Å². The highest BCUT2D eigenvalue weighted by molar-refractivity contribution is 5.81. The molecule has 0 aliphatic carbocycles. The summed E-state index contributed by atoms with van der Waals surface area (Å²) in [6, 6.07) is -0.783. The van der Waals surface area contributed by atoms with Crippen molar-refractivity contribution in [2.24, 2.45) is 16.5 Å². The van der Waals surface area contributed by atoms with Crippen molar-refractivity contribution in [1.82, 2.24) is 5.32 Å². The number of ether oxygens (including phenoxy) is 2. The Bertz CT molecular complexity index is 373. The number of carbonyl (C=O) groups excluding carboxylic acids is 2. The molecule has 0 fully saturated rings. The van der Waals surface area contributed by atoms with Crippen LogP contribution >= 0.6 is 0 Å². The molecule has 21 heavy (non-hydrogen) atoms. The lowest BCUT2D eigenvalue weighted by molar-refractivity contribution is -0.145. The molecule has 0 aliphatic rings. The number of nitrogens with zero attached hydrogens (tertiary/aromatic N) is 1. The second kappa shape index (κ2) is 9.04. The zero-order valence-electron chi connectivity index (χ0n) is 13.1. The molecule has 0 saturated carbocycles. The first-order valence-electron chi connectivity index (χ1n) is 6.87. The fourth-order valence-corrected chi connectivity index (χ4v) is 1.45. The van der Waals surface area contributed by atoms with Crippen molar-refractivity contribution < 1.29 is 19.1 Å². The largest absolute Gasteiger partial charge is 0.464 e. The number of hydrogen-bond acceptors (Lipinski definition) is 5. The first-order valence-corrected chi connectivity index (χ1v) is 6.87. The highest BCUT2D eigenvalue weighted by Gasteiger charge is 2.24. The van der Waals surface area contributed by atoms with Crippen LogP contribution in [0.2, 0.25) is 0 Å². The molecule has 1 atom stereocenters. The van der Waals surface area contributed by atoms with Gasteiger partial charge in [0.1, 0.15) is 11.6 Å². The van der Waals surface area contributed by atoms with Crippen molar-refractivity contribution >= 4 is 18.0 Å². The highest BCUT2D eigenvalue weighted by Crippen LogP contribution is 2.08. The lowest BCUT2D eigenvalue weighted by Gasteiger charge is -2.22. The summed E-state index contributed by atoms with van der Waals surface area (Å²) >= 11 is 0. The van der Waals surface area contributed by atoms with Crippen molar-refractivity contribution in [2.75, 3.05) is 13.2 Å². The Kier molecular flexibility index (Phi) is 8.18. The van der Waals surface area contributed by atoms with E-state index in [-0.39, 0.29) is 12.6 Å². The molecule has 0 bridgehead atoms. The Morgan fingerprint density at radius 3 is 2.38 bits per heavy atom. The molecule has 1 amide bonds. The van der Waals surface area contributed by atoms with E-state index in [2.05, 4.69) is 10.3 Å². The van der Waals surface area contributed by atoms with Crippen molar-refractivity contribution in [3.05, 3.63) is 0 Å². The molecule has 1 unspecified atom stereocenters. The van der Waals surface area contributed by atoms with E-state index < -0.39 is 23.7 Å². The molecule has 8 nitrogen and oxygen atoms in total. The van der Waals surface area contributed by atoms with E-state index >= 15 is 0 Å². The second-order valence-electron chi connectivity index (χ2n) is 5.40. The molecule has 0 aromatic carbocycles. The SMILES string of the molecule is CCOC(=O)C(CCCN=C(N)N)NC(=O)OC(C)(C)C. The van der Waals surface area contributed by atoms with Crippen molar-refractivity contribution in [3.63, 3.8) is 0 Å². The molecule has 0 aromatic heterocycles. The van der Waals surface area contributed by atoms with Gasteiger partial charge in [-0.1, -0.05) is 0 Å². The molecule has 5 N–H and O–H groups in total. The fraction of sp³-hybridized carbons (Fsp3) is 0.769. The predicted octanol–water partition coefficient (Wildman–Crippen LogP) is 0.496. The summed E-state index contributed by atoms with van der Waals surface area (Å²) in [4.78, 5) is 27.3. The molecule has 0 rings (SSSR count). The van der Waals surface area contributed by atoms with Gasteiger partial charge in [0.05, 0.1) is 6.61 Å². The Labute approximate surface area is 125 Å². The van der Waals surface area contributed by atoms with Crippen LogP contribution in [-0.4, -0.2) is 42.8 Å². The van der Waals surface area contributed by atoms with Crippen LogP contribution in [0.4, 0.5) is 4.79 Å². The molecule has 0 aromatic rings. The number of nitrogens with two attached hydrogens (primary N) is 2. The van der Waals surface area contributed by atoms with Gasteiger partial charge in [-0.05, 0) is 40.5 Å². The molecule has 122 valence electrons. The Balaban J connectivity index is 4.49. The topological polar surface area (TPSA) is 129 Å². The van der Waals surface area contributed by atoms with Gasteiger partial charge in [-0.25, -0.2) is 9.59 Å². The van der Waals surface area contributed by atoms with Gasteiger partial charge in [0.2, 0.25) is 0 Å². The lowest BCUT2D eigenvalue weighted by atomic mass is 10.1. The molecule has 0 spiro atoms. The summed E-state index contributed by atoms with van der Waals surface area (Å²) in [5, 5.41) is 2.50. The van der Waals surface area contributed by atoms with Crippen LogP contribution in [0.1, 0.15) is 40.5 Å². The smallest absolute Gasteiger partial charge is 0.408 e. The number of esters is 1. The van der Waals surface area contributed by atoms with E-state index in [0.717, 1.165) is 0 Å². The van der Waals surface area contributed by atoms with Crippen LogP contribution < -0.4 is 16.8 Å². The fourth-order valence-electron chi connectivity index (χ4n) is 1.45. The highest BCUT2D eigenvalue weighted by atomic mass is 16.6. The van der Waals surface area contributed by atoms with Gasteiger partial charge in [-0.15, -0.1) is 0 Å². The molecular formula is C13H26N4O4.